The Bertz CT molecular complexity index is 622. The first kappa shape index (κ1) is 13.4. The molecule has 0 atom stereocenters. The molecule has 19 heavy (non-hydrogen) atoms. The van der Waals surface area contributed by atoms with Crippen molar-refractivity contribution < 1.29 is 9.59 Å². The molecule has 0 saturated carbocycles. The lowest BCUT2D eigenvalue weighted by atomic mass is 10.2. The summed E-state index contributed by atoms with van der Waals surface area (Å²) >= 11 is 3.27. The molecule has 98 valence electrons. The van der Waals surface area contributed by atoms with E-state index in [0.717, 1.165) is 4.47 Å². The Kier molecular flexibility index (Phi) is 4.01. The summed E-state index contributed by atoms with van der Waals surface area (Å²) in [7, 11) is 0. The fourth-order valence-corrected chi connectivity index (χ4v) is 1.92. The fraction of sp³-hybridized carbons (Fsp3) is 0.0769. The molecule has 1 aromatic carbocycles. The van der Waals surface area contributed by atoms with Gasteiger partial charge in [0.15, 0.2) is 0 Å². The first-order valence-corrected chi connectivity index (χ1v) is 6.37. The summed E-state index contributed by atoms with van der Waals surface area (Å²) in [5, 5.41) is 5.40. The lowest BCUT2D eigenvalue weighted by Gasteiger charge is -2.06. The number of halogens is 1. The monoisotopic (exact) mass is 321 g/mol. The Morgan fingerprint density at radius 3 is 2.42 bits per heavy atom. The summed E-state index contributed by atoms with van der Waals surface area (Å²) in [6.45, 7) is 1.43. The van der Waals surface area contributed by atoms with Crippen molar-refractivity contribution in [3.63, 3.8) is 0 Å². The topological polar surface area (TPSA) is 74.0 Å². The predicted octanol–water partition coefficient (Wildman–Crippen LogP) is 2.99. The van der Waals surface area contributed by atoms with Crippen molar-refractivity contribution in [1.82, 2.24) is 4.98 Å². The van der Waals surface area contributed by atoms with Crippen LogP contribution in [0, 0.1) is 0 Å². The van der Waals surface area contributed by atoms with Crippen molar-refractivity contribution in [3.05, 3.63) is 46.7 Å². The van der Waals surface area contributed by atoms with Gasteiger partial charge in [0, 0.05) is 29.0 Å². The molecule has 1 aromatic heterocycles. The number of amides is 2. The first-order valence-electron chi connectivity index (χ1n) is 5.57. The number of benzene rings is 1. The average Bonchev–Trinajstić information content (AvgIpc) is 2.75. The molecule has 5 nitrogen and oxygen atoms in total. The minimum Gasteiger partial charge on any atom is -0.356 e. The maximum absolute atomic E-state index is 11.9. The fourth-order valence-electron chi connectivity index (χ4n) is 1.58. The minimum absolute atomic E-state index is 0.156. The third kappa shape index (κ3) is 3.69. The van der Waals surface area contributed by atoms with E-state index in [2.05, 4.69) is 31.5 Å². The van der Waals surface area contributed by atoms with E-state index >= 15 is 0 Å². The maximum Gasteiger partial charge on any atom is 0.272 e. The van der Waals surface area contributed by atoms with Crippen molar-refractivity contribution in [3.8, 4) is 0 Å². The van der Waals surface area contributed by atoms with Gasteiger partial charge < -0.3 is 15.6 Å². The van der Waals surface area contributed by atoms with Crippen LogP contribution in [-0.2, 0) is 4.79 Å². The lowest BCUT2D eigenvalue weighted by molar-refractivity contribution is -0.114. The van der Waals surface area contributed by atoms with Crippen molar-refractivity contribution in [2.45, 2.75) is 6.92 Å². The summed E-state index contributed by atoms with van der Waals surface area (Å²) in [6.07, 6.45) is 1.68. The molecule has 2 amide bonds. The smallest absolute Gasteiger partial charge is 0.272 e. The van der Waals surface area contributed by atoms with E-state index in [-0.39, 0.29) is 11.8 Å². The molecule has 0 aliphatic rings. The van der Waals surface area contributed by atoms with Crippen LogP contribution in [0.25, 0.3) is 0 Å². The molecule has 0 fully saturated rings. The van der Waals surface area contributed by atoms with Crippen LogP contribution in [0.2, 0.25) is 0 Å². The van der Waals surface area contributed by atoms with Crippen LogP contribution in [0.15, 0.2) is 41.0 Å². The van der Waals surface area contributed by atoms with Crippen LogP contribution < -0.4 is 10.6 Å². The van der Waals surface area contributed by atoms with Gasteiger partial charge in [-0.2, -0.15) is 0 Å². The quantitative estimate of drug-likeness (QED) is 0.813. The molecule has 0 spiro atoms. The molecule has 1 heterocycles. The number of nitrogens with one attached hydrogen (secondary N) is 3. The highest BCUT2D eigenvalue weighted by Crippen LogP contribution is 2.17. The third-order valence-electron chi connectivity index (χ3n) is 2.33. The van der Waals surface area contributed by atoms with E-state index in [1.54, 1.807) is 36.5 Å². The van der Waals surface area contributed by atoms with Crippen LogP contribution in [0.1, 0.15) is 17.4 Å². The number of hydrogen-bond acceptors (Lipinski definition) is 2. The summed E-state index contributed by atoms with van der Waals surface area (Å²) in [4.78, 5) is 25.7. The van der Waals surface area contributed by atoms with Gasteiger partial charge in [0.1, 0.15) is 5.69 Å². The van der Waals surface area contributed by atoms with Crippen LogP contribution in [0.5, 0.6) is 0 Å². The summed E-state index contributed by atoms with van der Waals surface area (Å²) in [5.74, 6) is -0.401. The molecule has 0 aliphatic carbocycles. The highest BCUT2D eigenvalue weighted by Gasteiger charge is 2.08. The molecule has 0 bridgehead atoms. The zero-order valence-corrected chi connectivity index (χ0v) is 11.7. The van der Waals surface area contributed by atoms with Gasteiger partial charge in [-0.05, 0) is 40.2 Å². The van der Waals surface area contributed by atoms with Gasteiger partial charge in [-0.25, -0.2) is 0 Å². The standard InChI is InChI=1S/C13H12BrN3O2/c1-8(18)16-10-3-2-4-11(6-10)17-13(19)12-5-9(14)7-15-12/h2-7,15H,1H3,(H,16,18)(H,17,19). The number of aromatic nitrogens is 1. The number of aromatic amines is 1. The van der Waals surface area contributed by atoms with Gasteiger partial charge in [0.05, 0.1) is 0 Å². The van der Waals surface area contributed by atoms with Crippen molar-refractivity contribution in [2.75, 3.05) is 10.6 Å². The van der Waals surface area contributed by atoms with E-state index < -0.39 is 0 Å². The number of anilines is 2. The molecule has 2 rings (SSSR count). The molecule has 0 radical (unpaired) electrons. The Labute approximate surface area is 118 Å². The summed E-state index contributed by atoms with van der Waals surface area (Å²) in [5.41, 5.74) is 1.71. The molecule has 6 heteroatoms. The molecule has 0 aliphatic heterocycles. The minimum atomic E-state index is -0.245. The van der Waals surface area contributed by atoms with Crippen LogP contribution in [-0.4, -0.2) is 16.8 Å². The molecule has 2 aromatic rings. The number of H-pyrrole nitrogens is 1. The second-order valence-electron chi connectivity index (χ2n) is 3.95. The van der Waals surface area contributed by atoms with Crippen molar-refractivity contribution in [2.24, 2.45) is 0 Å². The molecule has 0 saturated heterocycles. The molecule has 3 N–H and O–H groups in total. The van der Waals surface area contributed by atoms with Gasteiger partial charge >= 0.3 is 0 Å². The Hall–Kier alpha value is -2.08. The zero-order chi connectivity index (χ0) is 13.8. The van der Waals surface area contributed by atoms with E-state index in [0.29, 0.717) is 17.1 Å². The summed E-state index contributed by atoms with van der Waals surface area (Å²) in [6, 6.07) is 8.64. The lowest BCUT2D eigenvalue weighted by Crippen LogP contribution is -2.12. The average molecular weight is 322 g/mol. The van der Waals surface area contributed by atoms with E-state index in [1.165, 1.54) is 6.92 Å². The number of rotatable bonds is 3. The van der Waals surface area contributed by atoms with Gasteiger partial charge in [-0.1, -0.05) is 6.07 Å². The first-order chi connectivity index (χ1) is 9.04. The highest BCUT2D eigenvalue weighted by molar-refractivity contribution is 9.10. The van der Waals surface area contributed by atoms with E-state index in [1.807, 2.05) is 0 Å². The second kappa shape index (κ2) is 5.71. The van der Waals surface area contributed by atoms with Gasteiger partial charge in [-0.3, -0.25) is 9.59 Å². The van der Waals surface area contributed by atoms with Crippen molar-refractivity contribution >= 4 is 39.1 Å². The van der Waals surface area contributed by atoms with E-state index in [4.69, 9.17) is 0 Å². The van der Waals surface area contributed by atoms with Gasteiger partial charge in [0.2, 0.25) is 5.91 Å². The van der Waals surface area contributed by atoms with Crippen LogP contribution in [0.4, 0.5) is 11.4 Å². The zero-order valence-electron chi connectivity index (χ0n) is 10.2. The Balaban J connectivity index is 2.10. The Morgan fingerprint density at radius 2 is 1.84 bits per heavy atom. The van der Waals surface area contributed by atoms with Crippen molar-refractivity contribution in [1.29, 1.82) is 0 Å². The number of carbonyl (C=O) groups is 2. The largest absolute Gasteiger partial charge is 0.356 e. The SMILES string of the molecule is CC(=O)Nc1cccc(NC(=O)c2cc(Br)c[nH]2)c1. The molecular formula is C13H12BrN3O2. The van der Waals surface area contributed by atoms with Crippen LogP contribution >= 0.6 is 15.9 Å². The molecular weight excluding hydrogens is 310 g/mol. The highest BCUT2D eigenvalue weighted by atomic mass is 79.9. The summed E-state index contributed by atoms with van der Waals surface area (Å²) < 4.78 is 0.810. The number of carbonyl (C=O) groups excluding carboxylic acids is 2. The second-order valence-corrected chi connectivity index (χ2v) is 4.86. The normalized spacial score (nSPS) is 10.0. The third-order valence-corrected chi connectivity index (χ3v) is 2.79. The predicted molar refractivity (Wildman–Crippen MR) is 77.2 cm³/mol. The van der Waals surface area contributed by atoms with Gasteiger partial charge in [-0.15, -0.1) is 0 Å². The Morgan fingerprint density at radius 1 is 1.16 bits per heavy atom. The van der Waals surface area contributed by atoms with E-state index in [9.17, 15) is 9.59 Å². The number of hydrogen-bond donors (Lipinski definition) is 3. The maximum atomic E-state index is 11.9. The van der Waals surface area contributed by atoms with Crippen LogP contribution in [0.3, 0.4) is 0 Å². The van der Waals surface area contributed by atoms with Gasteiger partial charge in [0.25, 0.3) is 5.91 Å². The molecule has 0 unspecified atom stereocenters.